The lowest BCUT2D eigenvalue weighted by molar-refractivity contribution is -0.0279. The Hall–Kier alpha value is -0.880. The van der Waals surface area contributed by atoms with Crippen LogP contribution in [0.5, 0.6) is 0 Å². The van der Waals surface area contributed by atoms with Gasteiger partial charge in [-0.1, -0.05) is 0 Å². The van der Waals surface area contributed by atoms with Gasteiger partial charge in [-0.15, -0.1) is 0 Å². The molecule has 0 amide bonds. The van der Waals surface area contributed by atoms with Gasteiger partial charge in [-0.25, -0.2) is 4.98 Å². The first kappa shape index (κ1) is 12.6. The highest BCUT2D eigenvalue weighted by molar-refractivity contribution is 9.10. The quantitative estimate of drug-likeness (QED) is 0.904. The van der Waals surface area contributed by atoms with Crippen LogP contribution in [0.2, 0.25) is 0 Å². The van der Waals surface area contributed by atoms with E-state index in [0.717, 1.165) is 30.0 Å². The Morgan fingerprint density at radius 2 is 2.29 bits per heavy atom. The number of nitrogens with one attached hydrogen (secondary N) is 1. The van der Waals surface area contributed by atoms with Crippen LogP contribution in [0.1, 0.15) is 13.8 Å². The summed E-state index contributed by atoms with van der Waals surface area (Å²) in [7, 11) is 1.82. The third-order valence-corrected chi connectivity index (χ3v) is 3.23. The number of aromatic nitrogens is 2. The summed E-state index contributed by atoms with van der Waals surface area (Å²) in [6, 6.07) is 0. The van der Waals surface area contributed by atoms with Gasteiger partial charge in [0.1, 0.15) is 5.82 Å². The van der Waals surface area contributed by atoms with Gasteiger partial charge in [-0.05, 0) is 29.8 Å². The Labute approximate surface area is 110 Å². The van der Waals surface area contributed by atoms with E-state index in [0.29, 0.717) is 5.95 Å². The standard InChI is InChI=1S/C11H17BrN4O/c1-11(2)7-16(4-5-17-11)9-8(12)6-14-10(13-3)15-9/h6H,4-5,7H2,1-3H3,(H,13,14,15). The maximum atomic E-state index is 5.70. The average Bonchev–Trinajstić information content (AvgIpc) is 2.28. The van der Waals surface area contributed by atoms with Crippen molar-refractivity contribution in [1.29, 1.82) is 0 Å². The second-order valence-corrected chi connectivity index (χ2v) is 5.50. The summed E-state index contributed by atoms with van der Waals surface area (Å²) in [5.74, 6) is 1.55. The van der Waals surface area contributed by atoms with E-state index in [1.165, 1.54) is 0 Å². The van der Waals surface area contributed by atoms with Gasteiger partial charge in [0.15, 0.2) is 0 Å². The summed E-state index contributed by atoms with van der Waals surface area (Å²) >= 11 is 3.50. The number of hydrogen-bond donors (Lipinski definition) is 1. The van der Waals surface area contributed by atoms with Crippen LogP contribution in [0.25, 0.3) is 0 Å². The predicted molar refractivity (Wildman–Crippen MR) is 71.5 cm³/mol. The molecule has 94 valence electrons. The number of nitrogens with zero attached hydrogens (tertiary/aromatic N) is 3. The predicted octanol–water partition coefficient (Wildman–Crippen LogP) is 1.90. The number of rotatable bonds is 2. The number of morpholine rings is 1. The minimum atomic E-state index is -0.136. The number of halogens is 1. The Kier molecular flexibility index (Phi) is 3.53. The van der Waals surface area contributed by atoms with Gasteiger partial charge in [0, 0.05) is 26.3 Å². The van der Waals surface area contributed by atoms with Crippen molar-refractivity contribution in [2.75, 3.05) is 37.0 Å². The lowest BCUT2D eigenvalue weighted by Gasteiger charge is -2.39. The summed E-state index contributed by atoms with van der Waals surface area (Å²) in [5.41, 5.74) is -0.136. The van der Waals surface area contributed by atoms with Gasteiger partial charge in [0.05, 0.1) is 16.7 Å². The fourth-order valence-corrected chi connectivity index (χ4v) is 2.34. The van der Waals surface area contributed by atoms with Gasteiger partial charge in [0.25, 0.3) is 0 Å². The molecule has 5 nitrogen and oxygen atoms in total. The zero-order valence-corrected chi connectivity index (χ0v) is 11.9. The molecule has 0 radical (unpaired) electrons. The Morgan fingerprint density at radius 1 is 1.53 bits per heavy atom. The van der Waals surface area contributed by atoms with Crippen molar-refractivity contribution in [2.24, 2.45) is 0 Å². The molecule has 0 atom stereocenters. The van der Waals surface area contributed by atoms with Gasteiger partial charge in [0.2, 0.25) is 5.95 Å². The lowest BCUT2D eigenvalue weighted by Crippen LogP contribution is -2.48. The van der Waals surface area contributed by atoms with E-state index in [-0.39, 0.29) is 5.60 Å². The molecule has 0 spiro atoms. The van der Waals surface area contributed by atoms with E-state index in [1.54, 1.807) is 6.20 Å². The van der Waals surface area contributed by atoms with Crippen LogP contribution in [0, 0.1) is 0 Å². The molecular weight excluding hydrogens is 284 g/mol. The fourth-order valence-electron chi connectivity index (χ4n) is 1.90. The van der Waals surface area contributed by atoms with E-state index in [4.69, 9.17) is 4.74 Å². The van der Waals surface area contributed by atoms with Crippen LogP contribution < -0.4 is 10.2 Å². The maximum absolute atomic E-state index is 5.70. The zero-order chi connectivity index (χ0) is 12.5. The smallest absolute Gasteiger partial charge is 0.224 e. The maximum Gasteiger partial charge on any atom is 0.224 e. The van der Waals surface area contributed by atoms with Crippen LogP contribution in [-0.2, 0) is 4.74 Å². The Balaban J connectivity index is 2.26. The second kappa shape index (κ2) is 4.78. The molecule has 0 aromatic carbocycles. The molecule has 1 aromatic rings. The summed E-state index contributed by atoms with van der Waals surface area (Å²) in [4.78, 5) is 10.9. The number of anilines is 2. The summed E-state index contributed by atoms with van der Waals surface area (Å²) in [6.45, 7) is 6.58. The van der Waals surface area contributed by atoms with E-state index in [9.17, 15) is 0 Å². The molecule has 1 N–H and O–H groups in total. The second-order valence-electron chi connectivity index (χ2n) is 4.64. The molecule has 6 heteroatoms. The highest BCUT2D eigenvalue weighted by Crippen LogP contribution is 2.28. The molecule has 0 bridgehead atoms. The van der Waals surface area contributed by atoms with Crippen molar-refractivity contribution >= 4 is 27.7 Å². The SMILES string of the molecule is CNc1ncc(Br)c(N2CCOC(C)(C)C2)n1. The first-order valence-corrected chi connectivity index (χ1v) is 6.40. The topological polar surface area (TPSA) is 50.3 Å². The van der Waals surface area contributed by atoms with Crippen molar-refractivity contribution in [3.8, 4) is 0 Å². The monoisotopic (exact) mass is 300 g/mol. The lowest BCUT2D eigenvalue weighted by atomic mass is 10.1. The largest absolute Gasteiger partial charge is 0.372 e. The van der Waals surface area contributed by atoms with Crippen LogP contribution in [-0.4, -0.2) is 42.3 Å². The molecule has 1 aliphatic heterocycles. The normalized spacial score (nSPS) is 19.2. The molecule has 1 saturated heterocycles. The Bertz CT molecular complexity index is 410. The molecule has 0 aliphatic carbocycles. The van der Waals surface area contributed by atoms with Gasteiger partial charge in [-0.3, -0.25) is 0 Å². The van der Waals surface area contributed by atoms with Crippen molar-refractivity contribution < 1.29 is 4.74 Å². The van der Waals surface area contributed by atoms with E-state index < -0.39 is 0 Å². The van der Waals surface area contributed by atoms with E-state index >= 15 is 0 Å². The first-order valence-electron chi connectivity index (χ1n) is 5.61. The van der Waals surface area contributed by atoms with Crippen LogP contribution in [0.15, 0.2) is 10.7 Å². The minimum Gasteiger partial charge on any atom is -0.372 e. The van der Waals surface area contributed by atoms with Crippen LogP contribution in [0.4, 0.5) is 11.8 Å². The fraction of sp³-hybridized carbons (Fsp3) is 0.636. The van der Waals surface area contributed by atoms with E-state index in [2.05, 4.69) is 50.0 Å². The van der Waals surface area contributed by atoms with Crippen molar-refractivity contribution in [2.45, 2.75) is 19.4 Å². The number of hydrogen-bond acceptors (Lipinski definition) is 5. The van der Waals surface area contributed by atoms with Crippen molar-refractivity contribution in [3.05, 3.63) is 10.7 Å². The van der Waals surface area contributed by atoms with Crippen LogP contribution in [0.3, 0.4) is 0 Å². The molecule has 0 unspecified atom stereocenters. The summed E-state index contributed by atoms with van der Waals surface area (Å²) in [5, 5.41) is 2.95. The highest BCUT2D eigenvalue weighted by atomic mass is 79.9. The van der Waals surface area contributed by atoms with Gasteiger partial charge < -0.3 is 15.0 Å². The molecule has 2 heterocycles. The van der Waals surface area contributed by atoms with Gasteiger partial charge in [-0.2, -0.15) is 4.98 Å². The summed E-state index contributed by atoms with van der Waals surface area (Å²) < 4.78 is 6.61. The average molecular weight is 301 g/mol. The molecule has 2 rings (SSSR count). The third kappa shape index (κ3) is 2.87. The minimum absolute atomic E-state index is 0.136. The van der Waals surface area contributed by atoms with E-state index in [1.807, 2.05) is 7.05 Å². The molecule has 1 aromatic heterocycles. The van der Waals surface area contributed by atoms with Crippen molar-refractivity contribution in [1.82, 2.24) is 9.97 Å². The Morgan fingerprint density at radius 3 is 2.94 bits per heavy atom. The molecule has 1 fully saturated rings. The summed E-state index contributed by atoms with van der Waals surface area (Å²) in [6.07, 6.45) is 1.77. The molecular formula is C11H17BrN4O. The zero-order valence-electron chi connectivity index (χ0n) is 10.3. The molecule has 17 heavy (non-hydrogen) atoms. The van der Waals surface area contributed by atoms with Gasteiger partial charge >= 0.3 is 0 Å². The van der Waals surface area contributed by atoms with Crippen molar-refractivity contribution in [3.63, 3.8) is 0 Å². The van der Waals surface area contributed by atoms with Crippen LogP contribution >= 0.6 is 15.9 Å². The first-order chi connectivity index (χ1) is 8.02. The highest BCUT2D eigenvalue weighted by Gasteiger charge is 2.29. The number of ether oxygens (including phenoxy) is 1. The molecule has 0 saturated carbocycles. The molecule has 1 aliphatic rings. The third-order valence-electron chi connectivity index (χ3n) is 2.67.